The SMILES string of the molecule is CCN(CC)CCCNC(=O)c1cccc(Cc2cccc(/C=C/c3ccccc3)c2)c1. The molecule has 1 amide bonds. The molecule has 0 atom stereocenters. The summed E-state index contributed by atoms with van der Waals surface area (Å²) < 4.78 is 0. The van der Waals surface area contributed by atoms with Crippen LogP contribution in [0.25, 0.3) is 12.2 Å². The van der Waals surface area contributed by atoms with Crippen LogP contribution < -0.4 is 5.32 Å². The van der Waals surface area contributed by atoms with Gasteiger partial charge in [0.2, 0.25) is 0 Å². The molecule has 0 aliphatic carbocycles. The molecule has 3 nitrogen and oxygen atoms in total. The van der Waals surface area contributed by atoms with E-state index in [-0.39, 0.29) is 5.91 Å². The Bertz CT molecular complexity index is 1010. The van der Waals surface area contributed by atoms with Crippen LogP contribution in [-0.4, -0.2) is 37.0 Å². The number of hydrogen-bond donors (Lipinski definition) is 1. The van der Waals surface area contributed by atoms with Gasteiger partial charge >= 0.3 is 0 Å². The second-order valence-electron chi connectivity index (χ2n) is 8.00. The van der Waals surface area contributed by atoms with E-state index in [1.54, 1.807) is 0 Å². The second-order valence-corrected chi connectivity index (χ2v) is 8.00. The topological polar surface area (TPSA) is 32.3 Å². The monoisotopic (exact) mass is 426 g/mol. The number of rotatable bonds is 11. The first-order chi connectivity index (χ1) is 15.7. The lowest BCUT2D eigenvalue weighted by molar-refractivity contribution is 0.0951. The zero-order valence-electron chi connectivity index (χ0n) is 19.3. The Morgan fingerprint density at radius 3 is 2.22 bits per heavy atom. The molecule has 3 heteroatoms. The Labute approximate surface area is 192 Å². The van der Waals surface area contributed by atoms with Crippen LogP contribution in [0.1, 0.15) is 52.9 Å². The van der Waals surface area contributed by atoms with Gasteiger partial charge in [-0.2, -0.15) is 0 Å². The van der Waals surface area contributed by atoms with Crippen molar-refractivity contribution in [3.05, 3.63) is 107 Å². The van der Waals surface area contributed by atoms with Crippen molar-refractivity contribution >= 4 is 18.1 Å². The lowest BCUT2D eigenvalue weighted by Gasteiger charge is -2.17. The second kappa shape index (κ2) is 12.6. The van der Waals surface area contributed by atoms with Crippen molar-refractivity contribution < 1.29 is 4.79 Å². The third kappa shape index (κ3) is 7.51. The standard InChI is InChI=1S/C29H34N2O/c1-3-31(4-2)20-10-19-30-29(32)28-16-9-15-27(23-28)22-26-14-8-13-25(21-26)18-17-24-11-6-5-7-12-24/h5-9,11-18,21,23H,3-4,10,19-20,22H2,1-2H3,(H,30,32)/b18-17+. The minimum atomic E-state index is 0.00550. The van der Waals surface area contributed by atoms with Crippen LogP contribution in [0.2, 0.25) is 0 Å². The molecule has 0 bridgehead atoms. The van der Waals surface area contributed by atoms with Gasteiger partial charge in [0.05, 0.1) is 0 Å². The van der Waals surface area contributed by atoms with Gasteiger partial charge in [0.25, 0.3) is 5.91 Å². The number of hydrogen-bond acceptors (Lipinski definition) is 2. The number of carbonyl (C=O) groups is 1. The Morgan fingerprint density at radius 1 is 0.812 bits per heavy atom. The van der Waals surface area contributed by atoms with Crippen molar-refractivity contribution in [1.29, 1.82) is 0 Å². The zero-order chi connectivity index (χ0) is 22.6. The Kier molecular flexibility index (Phi) is 9.27. The highest BCUT2D eigenvalue weighted by Gasteiger charge is 2.07. The highest BCUT2D eigenvalue weighted by Crippen LogP contribution is 2.15. The van der Waals surface area contributed by atoms with Gasteiger partial charge in [-0.05, 0) is 66.9 Å². The van der Waals surface area contributed by atoms with Gasteiger partial charge in [0.1, 0.15) is 0 Å². The van der Waals surface area contributed by atoms with E-state index >= 15 is 0 Å². The first-order valence-electron chi connectivity index (χ1n) is 11.6. The van der Waals surface area contributed by atoms with Crippen LogP contribution in [0.5, 0.6) is 0 Å². The van der Waals surface area contributed by atoms with Crippen molar-refractivity contribution in [2.24, 2.45) is 0 Å². The Morgan fingerprint density at radius 2 is 1.47 bits per heavy atom. The average Bonchev–Trinajstić information content (AvgIpc) is 2.84. The molecule has 3 aromatic carbocycles. The number of carbonyl (C=O) groups excluding carboxylic acids is 1. The van der Waals surface area contributed by atoms with E-state index in [0.29, 0.717) is 6.54 Å². The third-order valence-corrected chi connectivity index (χ3v) is 5.65. The minimum Gasteiger partial charge on any atom is -0.352 e. The summed E-state index contributed by atoms with van der Waals surface area (Å²) in [5, 5.41) is 3.06. The largest absolute Gasteiger partial charge is 0.352 e. The predicted molar refractivity (Wildman–Crippen MR) is 136 cm³/mol. The van der Waals surface area contributed by atoms with Crippen molar-refractivity contribution in [3.8, 4) is 0 Å². The van der Waals surface area contributed by atoms with E-state index in [1.165, 1.54) is 16.7 Å². The number of amides is 1. The molecule has 32 heavy (non-hydrogen) atoms. The third-order valence-electron chi connectivity index (χ3n) is 5.65. The Balaban J connectivity index is 1.57. The molecule has 0 unspecified atom stereocenters. The molecule has 0 fully saturated rings. The summed E-state index contributed by atoms with van der Waals surface area (Å²) in [6.07, 6.45) is 6.04. The van der Waals surface area contributed by atoms with Crippen LogP contribution in [0, 0.1) is 0 Å². The van der Waals surface area contributed by atoms with Gasteiger partial charge in [0.15, 0.2) is 0 Å². The number of benzene rings is 3. The molecule has 0 radical (unpaired) electrons. The smallest absolute Gasteiger partial charge is 0.251 e. The lowest BCUT2D eigenvalue weighted by Crippen LogP contribution is -2.29. The fourth-order valence-corrected chi connectivity index (χ4v) is 3.77. The first kappa shape index (κ1) is 23.5. The highest BCUT2D eigenvalue weighted by atomic mass is 16.1. The fraction of sp³-hybridized carbons (Fsp3) is 0.276. The van der Waals surface area contributed by atoms with E-state index in [4.69, 9.17) is 0 Å². The van der Waals surface area contributed by atoms with Gasteiger partial charge in [-0.25, -0.2) is 0 Å². The molecule has 3 aromatic rings. The highest BCUT2D eigenvalue weighted by molar-refractivity contribution is 5.94. The van der Waals surface area contributed by atoms with Gasteiger partial charge in [-0.15, -0.1) is 0 Å². The fourth-order valence-electron chi connectivity index (χ4n) is 3.77. The summed E-state index contributed by atoms with van der Waals surface area (Å²) in [6, 6.07) is 26.8. The predicted octanol–water partition coefficient (Wildman–Crippen LogP) is 5.91. The maximum Gasteiger partial charge on any atom is 0.251 e. The van der Waals surface area contributed by atoms with E-state index in [9.17, 15) is 4.79 Å². The summed E-state index contributed by atoms with van der Waals surface area (Å²) in [4.78, 5) is 14.9. The minimum absolute atomic E-state index is 0.00550. The van der Waals surface area contributed by atoms with E-state index in [2.05, 4.69) is 78.7 Å². The molecular weight excluding hydrogens is 392 g/mol. The number of nitrogens with zero attached hydrogens (tertiary/aromatic N) is 1. The molecule has 0 saturated heterocycles. The molecule has 0 spiro atoms. The average molecular weight is 427 g/mol. The summed E-state index contributed by atoms with van der Waals surface area (Å²) in [7, 11) is 0. The van der Waals surface area contributed by atoms with Crippen LogP contribution in [0.3, 0.4) is 0 Å². The lowest BCUT2D eigenvalue weighted by atomic mass is 10.0. The van der Waals surface area contributed by atoms with Gasteiger partial charge in [-0.1, -0.05) is 92.7 Å². The van der Waals surface area contributed by atoms with Crippen LogP contribution in [-0.2, 0) is 6.42 Å². The van der Waals surface area contributed by atoms with Crippen LogP contribution >= 0.6 is 0 Å². The van der Waals surface area contributed by atoms with Gasteiger partial charge in [-0.3, -0.25) is 4.79 Å². The van der Waals surface area contributed by atoms with Gasteiger partial charge in [0, 0.05) is 12.1 Å². The van der Waals surface area contributed by atoms with Crippen molar-refractivity contribution in [3.63, 3.8) is 0 Å². The molecule has 0 aliphatic rings. The maximum absolute atomic E-state index is 12.6. The summed E-state index contributed by atoms with van der Waals surface area (Å²) >= 11 is 0. The van der Waals surface area contributed by atoms with Crippen molar-refractivity contribution in [1.82, 2.24) is 10.2 Å². The molecule has 0 saturated carbocycles. The first-order valence-corrected chi connectivity index (χ1v) is 11.6. The number of nitrogens with one attached hydrogen (secondary N) is 1. The van der Waals surface area contributed by atoms with Crippen molar-refractivity contribution in [2.45, 2.75) is 26.7 Å². The maximum atomic E-state index is 12.6. The summed E-state index contributed by atoms with van der Waals surface area (Å²) in [6.45, 7) is 8.16. The summed E-state index contributed by atoms with van der Waals surface area (Å²) in [5.74, 6) is 0.00550. The quantitative estimate of drug-likeness (QED) is 0.305. The normalized spacial score (nSPS) is 11.2. The molecule has 0 aromatic heterocycles. The summed E-state index contributed by atoms with van der Waals surface area (Å²) in [5.41, 5.74) is 5.47. The Hall–Kier alpha value is -3.17. The van der Waals surface area contributed by atoms with Crippen LogP contribution in [0.15, 0.2) is 78.9 Å². The molecule has 3 rings (SSSR count). The van der Waals surface area contributed by atoms with E-state index < -0.39 is 0 Å². The zero-order valence-corrected chi connectivity index (χ0v) is 19.3. The molecule has 0 aliphatic heterocycles. The van der Waals surface area contributed by atoms with Crippen LogP contribution in [0.4, 0.5) is 0 Å². The van der Waals surface area contributed by atoms with E-state index in [0.717, 1.165) is 43.6 Å². The molecule has 166 valence electrons. The van der Waals surface area contributed by atoms with Crippen molar-refractivity contribution in [2.75, 3.05) is 26.2 Å². The molecule has 0 heterocycles. The molecular formula is C29H34N2O. The molecule has 1 N–H and O–H groups in total. The van der Waals surface area contributed by atoms with E-state index in [1.807, 2.05) is 36.4 Å². The van der Waals surface area contributed by atoms with Gasteiger partial charge < -0.3 is 10.2 Å².